The summed E-state index contributed by atoms with van der Waals surface area (Å²) in [7, 11) is 1.48. The van der Waals surface area contributed by atoms with Gasteiger partial charge in [0.25, 0.3) is 0 Å². The molecule has 0 aliphatic carbocycles. The molecule has 30 heavy (non-hydrogen) atoms. The van der Waals surface area contributed by atoms with E-state index in [0.717, 1.165) is 0 Å². The van der Waals surface area contributed by atoms with Crippen molar-refractivity contribution in [3.63, 3.8) is 0 Å². The van der Waals surface area contributed by atoms with E-state index in [4.69, 9.17) is 9.57 Å². The zero-order chi connectivity index (χ0) is 22.1. The van der Waals surface area contributed by atoms with Crippen LogP contribution >= 0.6 is 11.3 Å². The zero-order valence-electron chi connectivity index (χ0n) is 17.9. The first-order valence-electron chi connectivity index (χ1n) is 9.57. The third kappa shape index (κ3) is 4.43. The van der Waals surface area contributed by atoms with Crippen molar-refractivity contribution in [3.8, 4) is 0 Å². The molecule has 0 saturated carbocycles. The molecule has 158 valence electrons. The van der Waals surface area contributed by atoms with Crippen LogP contribution < -0.4 is 0 Å². The van der Waals surface area contributed by atoms with Crippen LogP contribution in [0, 0.1) is 5.92 Å². The lowest BCUT2D eigenvalue weighted by Gasteiger charge is -2.19. The molecule has 0 aliphatic heterocycles. The van der Waals surface area contributed by atoms with Gasteiger partial charge < -0.3 is 9.57 Å². The summed E-state index contributed by atoms with van der Waals surface area (Å²) in [6.45, 7) is 9.36. The van der Waals surface area contributed by atoms with Crippen molar-refractivity contribution in [1.82, 2.24) is 9.55 Å². The van der Waals surface area contributed by atoms with Crippen molar-refractivity contribution in [2.75, 3.05) is 7.11 Å². The molecule has 7 nitrogen and oxygen atoms in total. The molecule has 8 heteroatoms. The van der Waals surface area contributed by atoms with Gasteiger partial charge in [-0.2, -0.15) is 0 Å². The number of hydrogen-bond acceptors (Lipinski definition) is 7. The van der Waals surface area contributed by atoms with Crippen LogP contribution in [-0.2, 0) is 9.57 Å². The number of benzene rings is 1. The van der Waals surface area contributed by atoms with E-state index in [2.05, 4.69) is 10.1 Å². The molecule has 0 bridgehead atoms. The Hall–Kier alpha value is -3.00. The average molecular weight is 428 g/mol. The molecule has 3 aromatic rings. The highest BCUT2D eigenvalue weighted by Gasteiger charge is 2.25. The van der Waals surface area contributed by atoms with Crippen molar-refractivity contribution in [2.24, 2.45) is 11.1 Å². The third-order valence-electron chi connectivity index (χ3n) is 4.24. The fourth-order valence-electron chi connectivity index (χ4n) is 2.98. The van der Waals surface area contributed by atoms with Crippen LogP contribution in [0.4, 0.5) is 4.79 Å². The molecule has 0 fully saturated rings. The Bertz CT molecular complexity index is 1120. The molecular formula is C22H25N3O4S. The number of carbonyl (C=O) groups is 2. The summed E-state index contributed by atoms with van der Waals surface area (Å²) < 4.78 is 6.86. The second-order valence-corrected chi connectivity index (χ2v) is 8.95. The largest absolute Gasteiger partial charge is 0.443 e. The Morgan fingerprint density at radius 3 is 2.53 bits per heavy atom. The highest BCUT2D eigenvalue weighted by atomic mass is 32.1. The van der Waals surface area contributed by atoms with Gasteiger partial charge in [0.05, 0.1) is 16.8 Å². The van der Waals surface area contributed by atoms with E-state index in [-0.39, 0.29) is 11.7 Å². The van der Waals surface area contributed by atoms with E-state index in [9.17, 15) is 9.59 Å². The number of ether oxygens (including phenoxy) is 1. The molecule has 0 radical (unpaired) electrons. The normalized spacial score (nSPS) is 12.4. The monoisotopic (exact) mass is 427 g/mol. The number of fused-ring (bicyclic) bond motifs is 1. The number of carbonyl (C=O) groups excluding carboxylic acids is 2. The lowest BCUT2D eigenvalue weighted by atomic mass is 10.1. The number of nitrogens with zero attached hydrogens (tertiary/aromatic N) is 3. The molecule has 2 heterocycles. The summed E-state index contributed by atoms with van der Waals surface area (Å²) in [5.74, 6) is -0.172. The number of aromatic nitrogens is 2. The minimum Gasteiger partial charge on any atom is -0.443 e. The third-order valence-corrected chi connectivity index (χ3v) is 5.09. The predicted octanol–water partition coefficient (Wildman–Crippen LogP) is 5.12. The van der Waals surface area contributed by atoms with Crippen molar-refractivity contribution >= 4 is 39.8 Å². The van der Waals surface area contributed by atoms with E-state index in [1.54, 1.807) is 32.2 Å². The standard InChI is InChI=1S/C22H25N3O4S/c1-13(2)18(24-28-6)16-12-30-20(23-16)19(26)15-11-25(21(27)29-22(3,4)5)17-10-8-7-9-14(15)17/h7-13H,1-6H3/b24-18-. The van der Waals surface area contributed by atoms with E-state index >= 15 is 0 Å². The van der Waals surface area contributed by atoms with Crippen LogP contribution in [0.5, 0.6) is 0 Å². The molecule has 0 amide bonds. The molecule has 2 aromatic heterocycles. The summed E-state index contributed by atoms with van der Waals surface area (Å²) in [6, 6.07) is 7.23. The lowest BCUT2D eigenvalue weighted by Crippen LogP contribution is -2.26. The summed E-state index contributed by atoms with van der Waals surface area (Å²) >= 11 is 1.24. The fourth-order valence-corrected chi connectivity index (χ4v) is 3.74. The Labute approximate surface area is 179 Å². The number of para-hydroxylation sites is 1. The second kappa shape index (κ2) is 8.39. The first kappa shape index (κ1) is 21.7. The van der Waals surface area contributed by atoms with Gasteiger partial charge in [0.2, 0.25) is 5.78 Å². The predicted molar refractivity (Wildman–Crippen MR) is 118 cm³/mol. The van der Waals surface area contributed by atoms with Gasteiger partial charge in [-0.25, -0.2) is 9.78 Å². The van der Waals surface area contributed by atoms with Crippen molar-refractivity contribution in [1.29, 1.82) is 0 Å². The van der Waals surface area contributed by atoms with Crippen molar-refractivity contribution < 1.29 is 19.2 Å². The number of thiazole rings is 1. The van der Waals surface area contributed by atoms with Gasteiger partial charge in [0.15, 0.2) is 5.01 Å². The van der Waals surface area contributed by atoms with Gasteiger partial charge in [0, 0.05) is 22.9 Å². The SMILES string of the molecule is CO/N=C(\c1csc(C(=O)c2cn(C(=O)OC(C)(C)C)c3ccccc23)n1)C(C)C. The van der Waals surface area contributed by atoms with E-state index in [0.29, 0.717) is 32.9 Å². The number of oxime groups is 1. The number of hydrogen-bond donors (Lipinski definition) is 0. The summed E-state index contributed by atoms with van der Waals surface area (Å²) in [4.78, 5) is 35.3. The fraction of sp³-hybridized carbons (Fsp3) is 0.364. The zero-order valence-corrected chi connectivity index (χ0v) is 18.7. The summed E-state index contributed by atoms with van der Waals surface area (Å²) in [5, 5.41) is 6.81. The van der Waals surface area contributed by atoms with Crippen LogP contribution in [0.25, 0.3) is 10.9 Å². The Kier molecular flexibility index (Phi) is 6.07. The molecule has 0 saturated heterocycles. The molecule has 0 aliphatic rings. The van der Waals surface area contributed by atoms with Gasteiger partial charge in [0.1, 0.15) is 18.4 Å². The van der Waals surface area contributed by atoms with Crippen molar-refractivity contribution in [2.45, 2.75) is 40.2 Å². The molecular weight excluding hydrogens is 402 g/mol. The highest BCUT2D eigenvalue weighted by Crippen LogP contribution is 2.26. The Balaban J connectivity index is 2.03. The van der Waals surface area contributed by atoms with Crippen LogP contribution in [0.15, 0.2) is 41.0 Å². The molecule has 1 aromatic carbocycles. The second-order valence-electron chi connectivity index (χ2n) is 8.09. The summed E-state index contributed by atoms with van der Waals surface area (Å²) in [6.07, 6.45) is 0.987. The maximum atomic E-state index is 13.3. The van der Waals surface area contributed by atoms with Crippen LogP contribution in [0.2, 0.25) is 0 Å². The minimum absolute atomic E-state index is 0.0871. The number of ketones is 1. The highest BCUT2D eigenvalue weighted by molar-refractivity contribution is 7.12. The van der Waals surface area contributed by atoms with Gasteiger partial charge in [-0.05, 0) is 26.8 Å². The van der Waals surface area contributed by atoms with Gasteiger partial charge in [-0.3, -0.25) is 9.36 Å². The molecule has 0 spiro atoms. The Morgan fingerprint density at radius 2 is 1.90 bits per heavy atom. The molecule has 3 rings (SSSR count). The van der Waals surface area contributed by atoms with Crippen LogP contribution in [0.3, 0.4) is 0 Å². The summed E-state index contributed by atoms with van der Waals surface area (Å²) in [5.41, 5.74) is 1.63. The maximum absolute atomic E-state index is 13.3. The minimum atomic E-state index is -0.648. The van der Waals surface area contributed by atoms with Gasteiger partial charge in [-0.15, -0.1) is 11.3 Å². The quantitative estimate of drug-likeness (QED) is 0.321. The first-order valence-corrected chi connectivity index (χ1v) is 10.5. The lowest BCUT2D eigenvalue weighted by molar-refractivity contribution is 0.0544. The molecule has 0 unspecified atom stereocenters. The van der Waals surface area contributed by atoms with E-state index in [1.807, 2.05) is 32.0 Å². The smallest absolute Gasteiger partial charge is 0.419 e. The van der Waals surface area contributed by atoms with Gasteiger partial charge in [-0.1, -0.05) is 37.2 Å². The molecule has 0 N–H and O–H groups in total. The van der Waals surface area contributed by atoms with E-state index in [1.165, 1.54) is 29.2 Å². The maximum Gasteiger partial charge on any atom is 0.419 e. The number of rotatable bonds is 5. The van der Waals surface area contributed by atoms with E-state index < -0.39 is 11.7 Å². The first-order chi connectivity index (χ1) is 14.1. The average Bonchev–Trinajstić information content (AvgIpc) is 3.29. The van der Waals surface area contributed by atoms with Gasteiger partial charge >= 0.3 is 6.09 Å². The topological polar surface area (TPSA) is 82.8 Å². The van der Waals surface area contributed by atoms with Crippen LogP contribution in [-0.4, -0.2) is 39.9 Å². The Morgan fingerprint density at radius 1 is 1.20 bits per heavy atom. The van der Waals surface area contributed by atoms with Crippen molar-refractivity contribution in [3.05, 3.63) is 52.1 Å². The van der Waals surface area contributed by atoms with Crippen LogP contribution in [0.1, 0.15) is 55.7 Å². The molecule has 0 atom stereocenters.